The molecule has 2 fully saturated rings. The van der Waals surface area contributed by atoms with E-state index in [1.807, 2.05) is 23.6 Å². The van der Waals surface area contributed by atoms with Crippen LogP contribution in [-0.4, -0.2) is 78.2 Å². The summed E-state index contributed by atoms with van der Waals surface area (Å²) in [6, 6.07) is 0. The third kappa shape index (κ3) is 5.76. The summed E-state index contributed by atoms with van der Waals surface area (Å²) in [5, 5.41) is 0. The molecular weight excluding hydrogens is 285 g/mol. The van der Waals surface area contributed by atoms with Crippen molar-refractivity contribution < 1.29 is 23.8 Å². The Balaban J connectivity index is 0.000000956. The third-order valence-corrected chi connectivity index (χ3v) is 3.25. The first kappa shape index (κ1) is 17.4. The minimum atomic E-state index is -4.43. The fraction of sp³-hybridized carbons (Fsp3) is 0.909. The topological polar surface area (TPSA) is 94.8 Å². The number of hydrogen-bond donors (Lipinski definition) is 2. The van der Waals surface area contributed by atoms with E-state index in [2.05, 4.69) is 4.76 Å². The summed E-state index contributed by atoms with van der Waals surface area (Å²) in [6.45, 7) is 8.56. The highest BCUT2D eigenvalue weighted by molar-refractivity contribution is 7.50. The number of rotatable bonds is 1. The van der Waals surface area contributed by atoms with E-state index in [0.29, 0.717) is 58.6 Å². The Kier molecular flexibility index (Phi) is 7.47. The van der Waals surface area contributed by atoms with Gasteiger partial charge in [0.2, 0.25) is 5.96 Å². The van der Waals surface area contributed by atoms with E-state index in [-0.39, 0.29) is 0 Å². The highest BCUT2D eigenvalue weighted by Gasteiger charge is 2.26. The van der Waals surface area contributed by atoms with Gasteiger partial charge < -0.3 is 29.1 Å². The fourth-order valence-electron chi connectivity index (χ4n) is 1.97. The SMILES string of the molecule is CC.O=P(O)(O)N=C(N1CCOCC1)N1CCOCC1. The number of nitrogens with zero attached hydrogens (tertiary/aromatic N) is 3. The van der Waals surface area contributed by atoms with E-state index in [1.54, 1.807) is 0 Å². The van der Waals surface area contributed by atoms with Crippen molar-refractivity contribution in [3.05, 3.63) is 0 Å². The van der Waals surface area contributed by atoms with Crippen molar-refractivity contribution in [2.75, 3.05) is 52.6 Å². The lowest BCUT2D eigenvalue weighted by molar-refractivity contribution is 0.0422. The molecule has 0 unspecified atom stereocenters. The second kappa shape index (κ2) is 8.59. The molecule has 20 heavy (non-hydrogen) atoms. The normalized spacial score (nSPS) is 20.0. The smallest absolute Gasteiger partial charge is 0.378 e. The van der Waals surface area contributed by atoms with Crippen LogP contribution < -0.4 is 0 Å². The van der Waals surface area contributed by atoms with Gasteiger partial charge in [-0.1, -0.05) is 13.8 Å². The summed E-state index contributed by atoms with van der Waals surface area (Å²) < 4.78 is 25.2. The van der Waals surface area contributed by atoms with Crippen molar-refractivity contribution >= 4 is 13.7 Å². The number of hydrogen-bond acceptors (Lipinski definition) is 3. The Morgan fingerprint density at radius 1 is 0.950 bits per heavy atom. The van der Waals surface area contributed by atoms with E-state index in [0.717, 1.165) is 0 Å². The van der Waals surface area contributed by atoms with Gasteiger partial charge in [-0.2, -0.15) is 0 Å². The zero-order chi connectivity index (χ0) is 15.0. The first-order chi connectivity index (χ1) is 9.56. The summed E-state index contributed by atoms with van der Waals surface area (Å²) in [4.78, 5) is 21.8. The predicted molar refractivity (Wildman–Crippen MR) is 75.6 cm³/mol. The molecule has 118 valence electrons. The molecule has 2 saturated heterocycles. The molecule has 0 aromatic heterocycles. The van der Waals surface area contributed by atoms with Gasteiger partial charge in [-0.3, -0.25) is 0 Å². The molecule has 0 aliphatic carbocycles. The van der Waals surface area contributed by atoms with E-state index in [4.69, 9.17) is 19.3 Å². The molecule has 0 aromatic rings. The van der Waals surface area contributed by atoms with Crippen molar-refractivity contribution in [1.82, 2.24) is 9.80 Å². The van der Waals surface area contributed by atoms with Crippen LogP contribution in [0.25, 0.3) is 0 Å². The highest BCUT2D eigenvalue weighted by atomic mass is 31.2. The summed E-state index contributed by atoms with van der Waals surface area (Å²) in [5.74, 6) is 0.356. The van der Waals surface area contributed by atoms with E-state index in [1.165, 1.54) is 0 Å². The molecular formula is C11H24N3O5P. The van der Waals surface area contributed by atoms with Gasteiger partial charge in [0.05, 0.1) is 26.4 Å². The van der Waals surface area contributed by atoms with Gasteiger partial charge >= 0.3 is 7.75 Å². The van der Waals surface area contributed by atoms with Crippen LogP contribution in [0.3, 0.4) is 0 Å². The second-order valence-corrected chi connectivity index (χ2v) is 5.34. The molecule has 0 amide bonds. The van der Waals surface area contributed by atoms with Crippen molar-refractivity contribution in [3.8, 4) is 0 Å². The maximum absolute atomic E-state index is 11.1. The molecule has 2 N–H and O–H groups in total. The van der Waals surface area contributed by atoms with Crippen LogP contribution in [0.4, 0.5) is 0 Å². The van der Waals surface area contributed by atoms with Gasteiger partial charge in [0.1, 0.15) is 0 Å². The highest BCUT2D eigenvalue weighted by Crippen LogP contribution is 2.37. The molecule has 2 aliphatic rings. The van der Waals surface area contributed by atoms with Gasteiger partial charge in [0.25, 0.3) is 0 Å². The molecule has 2 rings (SSSR count). The average molecular weight is 309 g/mol. The summed E-state index contributed by atoms with van der Waals surface area (Å²) >= 11 is 0. The molecule has 2 aliphatic heterocycles. The van der Waals surface area contributed by atoms with E-state index in [9.17, 15) is 4.57 Å². The molecule has 0 atom stereocenters. The maximum Gasteiger partial charge on any atom is 0.451 e. The van der Waals surface area contributed by atoms with Gasteiger partial charge in [-0.15, -0.1) is 4.76 Å². The fourth-order valence-corrected chi connectivity index (χ4v) is 2.46. The van der Waals surface area contributed by atoms with Crippen LogP contribution in [0.1, 0.15) is 13.8 Å². The Labute approximate surface area is 119 Å². The Morgan fingerprint density at radius 2 is 1.30 bits per heavy atom. The maximum atomic E-state index is 11.1. The van der Waals surface area contributed by atoms with Crippen LogP contribution in [0.15, 0.2) is 4.76 Å². The molecule has 0 spiro atoms. The minimum Gasteiger partial charge on any atom is -0.378 e. The minimum absolute atomic E-state index is 0.356. The lowest BCUT2D eigenvalue weighted by atomic mass is 10.4. The standard InChI is InChI=1S/C9H18N3O5P.C2H6/c13-18(14,15)10-9(11-1-5-16-6-2-11)12-3-7-17-8-4-12;1-2/h1-8H2,(H2,13,14,15);1-2H3. The Morgan fingerprint density at radius 3 is 1.60 bits per heavy atom. The molecule has 9 heteroatoms. The van der Waals surface area contributed by atoms with Crippen LogP contribution in [-0.2, 0) is 14.0 Å². The van der Waals surface area contributed by atoms with E-state index < -0.39 is 7.75 Å². The molecule has 2 heterocycles. The lowest BCUT2D eigenvalue weighted by Gasteiger charge is -2.37. The molecule has 8 nitrogen and oxygen atoms in total. The molecule has 0 bridgehead atoms. The average Bonchev–Trinajstić information content (AvgIpc) is 2.48. The Bertz CT molecular complexity index is 328. The van der Waals surface area contributed by atoms with Gasteiger partial charge in [0, 0.05) is 26.2 Å². The van der Waals surface area contributed by atoms with Gasteiger partial charge in [-0.25, -0.2) is 4.57 Å². The molecule has 0 saturated carbocycles. The first-order valence-electron chi connectivity index (χ1n) is 6.87. The summed E-state index contributed by atoms with van der Waals surface area (Å²) in [5.41, 5.74) is 0. The van der Waals surface area contributed by atoms with Crippen LogP contribution in [0.2, 0.25) is 0 Å². The van der Waals surface area contributed by atoms with Gasteiger partial charge in [-0.05, 0) is 0 Å². The summed E-state index contributed by atoms with van der Waals surface area (Å²) in [6.07, 6.45) is 0. The third-order valence-electron chi connectivity index (χ3n) is 2.81. The zero-order valence-corrected chi connectivity index (χ0v) is 13.0. The largest absolute Gasteiger partial charge is 0.451 e. The van der Waals surface area contributed by atoms with Crippen LogP contribution in [0.5, 0.6) is 0 Å². The number of morpholine rings is 2. The van der Waals surface area contributed by atoms with Crippen molar-refractivity contribution in [2.45, 2.75) is 13.8 Å². The molecule has 0 aromatic carbocycles. The van der Waals surface area contributed by atoms with Crippen molar-refractivity contribution in [2.24, 2.45) is 4.76 Å². The van der Waals surface area contributed by atoms with Crippen molar-refractivity contribution in [3.63, 3.8) is 0 Å². The zero-order valence-electron chi connectivity index (χ0n) is 12.1. The monoisotopic (exact) mass is 309 g/mol. The number of ether oxygens (including phenoxy) is 2. The lowest BCUT2D eigenvalue weighted by Crippen LogP contribution is -2.52. The Hall–Kier alpha value is -0.660. The first-order valence-corrected chi connectivity index (χ1v) is 8.44. The van der Waals surface area contributed by atoms with E-state index >= 15 is 0 Å². The quantitative estimate of drug-likeness (QED) is 0.404. The molecule has 0 radical (unpaired) electrons. The summed E-state index contributed by atoms with van der Waals surface area (Å²) in [7, 11) is -4.43. The number of guanidine groups is 1. The second-order valence-electron chi connectivity index (χ2n) is 4.11. The van der Waals surface area contributed by atoms with Crippen LogP contribution >= 0.6 is 7.75 Å². The van der Waals surface area contributed by atoms with Crippen molar-refractivity contribution in [1.29, 1.82) is 0 Å². The van der Waals surface area contributed by atoms with Crippen LogP contribution in [0, 0.1) is 0 Å². The predicted octanol–water partition coefficient (Wildman–Crippen LogP) is 0.126. The van der Waals surface area contributed by atoms with Gasteiger partial charge in [0.15, 0.2) is 0 Å².